The fraction of sp³-hybridized carbons (Fsp3) is 0.793. The molecule has 0 heterocycles. The van der Waals surface area contributed by atoms with Crippen molar-refractivity contribution < 1.29 is 0 Å². The molecule has 2 fully saturated rings. The zero-order valence-corrected chi connectivity index (χ0v) is 20.1. The van der Waals surface area contributed by atoms with Gasteiger partial charge in [0.15, 0.2) is 0 Å². The van der Waals surface area contributed by atoms with Crippen LogP contribution >= 0.6 is 0 Å². The summed E-state index contributed by atoms with van der Waals surface area (Å²) in [5.41, 5.74) is 4.43. The summed E-state index contributed by atoms with van der Waals surface area (Å²) in [4.78, 5) is 0. The molecule has 0 bridgehead atoms. The molecule has 7 atom stereocenters. The third-order valence-corrected chi connectivity index (χ3v) is 10.3. The van der Waals surface area contributed by atoms with E-state index >= 15 is 0 Å². The zero-order valence-electron chi connectivity index (χ0n) is 20.1. The van der Waals surface area contributed by atoms with Gasteiger partial charge in [0.1, 0.15) is 0 Å². The fourth-order valence-electron chi connectivity index (χ4n) is 8.31. The van der Waals surface area contributed by atoms with Crippen LogP contribution in [0.1, 0.15) is 99.3 Å². The van der Waals surface area contributed by atoms with E-state index in [1.807, 2.05) is 5.57 Å². The van der Waals surface area contributed by atoms with Gasteiger partial charge in [0, 0.05) is 0 Å². The van der Waals surface area contributed by atoms with Gasteiger partial charge >= 0.3 is 0 Å². The van der Waals surface area contributed by atoms with Crippen LogP contribution in [0, 0.1) is 46.3 Å². The van der Waals surface area contributed by atoms with Crippen molar-refractivity contribution in [2.45, 2.75) is 99.3 Å². The Morgan fingerprint density at radius 1 is 0.966 bits per heavy atom. The highest BCUT2D eigenvalue weighted by Gasteiger charge is 2.56. The molecule has 0 amide bonds. The van der Waals surface area contributed by atoms with Crippen molar-refractivity contribution in [3.63, 3.8) is 0 Å². The predicted octanol–water partition coefficient (Wildman–Crippen LogP) is 8.75. The van der Waals surface area contributed by atoms with Gasteiger partial charge in [0.2, 0.25) is 0 Å². The molecule has 0 aromatic heterocycles. The minimum absolute atomic E-state index is 0.412. The van der Waals surface area contributed by atoms with Crippen molar-refractivity contribution >= 4 is 0 Å². The molecule has 0 saturated heterocycles. The topological polar surface area (TPSA) is 0 Å². The normalized spacial score (nSPS) is 40.6. The molecule has 4 aliphatic carbocycles. The third-order valence-electron chi connectivity index (χ3n) is 10.3. The Hall–Kier alpha value is -0.780. The highest BCUT2D eigenvalue weighted by molar-refractivity contribution is 5.43. The van der Waals surface area contributed by atoms with Crippen LogP contribution in [0.15, 0.2) is 35.5 Å². The van der Waals surface area contributed by atoms with E-state index in [1.165, 1.54) is 57.8 Å². The lowest BCUT2D eigenvalue weighted by molar-refractivity contribution is 0.0511. The third kappa shape index (κ3) is 3.51. The van der Waals surface area contributed by atoms with Gasteiger partial charge < -0.3 is 0 Å². The second-order valence-electron chi connectivity index (χ2n) is 11.9. The van der Waals surface area contributed by atoms with Crippen LogP contribution in [0.5, 0.6) is 0 Å². The quantitative estimate of drug-likeness (QED) is 0.422. The lowest BCUT2D eigenvalue weighted by Gasteiger charge is -2.54. The minimum Gasteiger partial charge on any atom is -0.0842 e. The second kappa shape index (κ2) is 8.05. The van der Waals surface area contributed by atoms with E-state index in [9.17, 15) is 0 Å². The number of rotatable bonds is 6. The zero-order chi connectivity index (χ0) is 20.8. The summed E-state index contributed by atoms with van der Waals surface area (Å²) in [5.74, 6) is 5.24. The standard InChI is InChI=1S/C29H46/c1-7-22(20(2)3)12-11-21(4)25-15-16-26-24-14-13-23-10-8-9-18-28(23,5)27(24)17-19-29(25,26)6/h8,10,13-14,20-22,25-27H,7,9,11-12,15-19H2,1-6H3/t21-,22-,25-,26+,27+,28+,29-/m1/s1. The maximum absolute atomic E-state index is 2.69. The van der Waals surface area contributed by atoms with Crippen molar-refractivity contribution in [1.29, 1.82) is 0 Å². The molecule has 0 aliphatic heterocycles. The monoisotopic (exact) mass is 394 g/mol. The van der Waals surface area contributed by atoms with Crippen LogP contribution in [0.4, 0.5) is 0 Å². The molecule has 0 unspecified atom stereocenters. The molecular formula is C29H46. The number of allylic oxidation sites excluding steroid dienone is 6. The number of fused-ring (bicyclic) bond motifs is 5. The van der Waals surface area contributed by atoms with Gasteiger partial charge in [-0.25, -0.2) is 0 Å². The first-order valence-electron chi connectivity index (χ1n) is 12.9. The summed E-state index contributed by atoms with van der Waals surface area (Å²) >= 11 is 0. The number of hydrogen-bond donors (Lipinski definition) is 0. The first kappa shape index (κ1) is 21.5. The Labute approximate surface area is 181 Å². The molecule has 0 spiro atoms. The molecule has 29 heavy (non-hydrogen) atoms. The summed E-state index contributed by atoms with van der Waals surface area (Å²) in [5, 5.41) is 0. The van der Waals surface area contributed by atoms with Crippen molar-refractivity contribution in [3.05, 3.63) is 35.5 Å². The SMILES string of the molecule is CC[C@H](CC[C@@H](C)[C@H]1CC[C@H]2C3=CC=C4C=CCC[C@]4(C)[C@H]3CC[C@]12C)C(C)C. The maximum atomic E-state index is 2.69. The first-order chi connectivity index (χ1) is 13.8. The molecule has 0 nitrogen and oxygen atoms in total. The van der Waals surface area contributed by atoms with Crippen LogP contribution in [0.3, 0.4) is 0 Å². The largest absolute Gasteiger partial charge is 0.0842 e. The van der Waals surface area contributed by atoms with Crippen LogP contribution in [0.2, 0.25) is 0 Å². The van der Waals surface area contributed by atoms with E-state index in [0.717, 1.165) is 35.5 Å². The molecule has 2 saturated carbocycles. The first-order valence-corrected chi connectivity index (χ1v) is 12.9. The summed E-state index contributed by atoms with van der Waals surface area (Å²) in [6.45, 7) is 15.1. The molecular weight excluding hydrogens is 348 g/mol. The van der Waals surface area contributed by atoms with Crippen LogP contribution in [-0.4, -0.2) is 0 Å². The van der Waals surface area contributed by atoms with Gasteiger partial charge in [-0.1, -0.05) is 84.3 Å². The van der Waals surface area contributed by atoms with E-state index in [-0.39, 0.29) is 0 Å². The Morgan fingerprint density at radius 2 is 1.76 bits per heavy atom. The summed E-state index contributed by atoms with van der Waals surface area (Å²) in [6, 6.07) is 0. The van der Waals surface area contributed by atoms with Crippen molar-refractivity contribution in [1.82, 2.24) is 0 Å². The van der Waals surface area contributed by atoms with Crippen molar-refractivity contribution in [3.8, 4) is 0 Å². The van der Waals surface area contributed by atoms with Crippen LogP contribution in [0.25, 0.3) is 0 Å². The van der Waals surface area contributed by atoms with Crippen molar-refractivity contribution in [2.24, 2.45) is 46.3 Å². The van der Waals surface area contributed by atoms with Gasteiger partial charge in [-0.3, -0.25) is 0 Å². The van der Waals surface area contributed by atoms with E-state index < -0.39 is 0 Å². The predicted molar refractivity (Wildman–Crippen MR) is 127 cm³/mol. The molecule has 162 valence electrons. The molecule has 0 heteroatoms. The summed E-state index contributed by atoms with van der Waals surface area (Å²) in [7, 11) is 0. The van der Waals surface area contributed by atoms with Gasteiger partial charge in [-0.15, -0.1) is 0 Å². The van der Waals surface area contributed by atoms with Gasteiger partial charge in [-0.2, -0.15) is 0 Å². The van der Waals surface area contributed by atoms with Crippen molar-refractivity contribution in [2.75, 3.05) is 0 Å². The van der Waals surface area contributed by atoms with Gasteiger partial charge in [-0.05, 0) is 96.9 Å². The fourth-order valence-corrected chi connectivity index (χ4v) is 8.31. The smallest absolute Gasteiger partial charge is 0.000685 e. The Morgan fingerprint density at radius 3 is 2.48 bits per heavy atom. The van der Waals surface area contributed by atoms with Crippen LogP contribution < -0.4 is 0 Å². The Balaban J connectivity index is 1.51. The molecule has 0 aromatic rings. The Bertz CT molecular complexity index is 691. The van der Waals surface area contributed by atoms with E-state index in [0.29, 0.717) is 10.8 Å². The lowest BCUT2D eigenvalue weighted by atomic mass is 9.50. The van der Waals surface area contributed by atoms with Gasteiger partial charge in [0.05, 0.1) is 0 Å². The van der Waals surface area contributed by atoms with E-state index in [1.54, 1.807) is 5.57 Å². The number of hydrogen-bond acceptors (Lipinski definition) is 0. The van der Waals surface area contributed by atoms with E-state index in [2.05, 4.69) is 65.8 Å². The van der Waals surface area contributed by atoms with Gasteiger partial charge in [0.25, 0.3) is 0 Å². The lowest BCUT2D eigenvalue weighted by Crippen LogP contribution is -2.45. The highest BCUT2D eigenvalue weighted by Crippen LogP contribution is 2.65. The molecule has 0 aromatic carbocycles. The second-order valence-corrected chi connectivity index (χ2v) is 11.9. The van der Waals surface area contributed by atoms with E-state index in [4.69, 9.17) is 0 Å². The molecule has 4 rings (SSSR count). The summed E-state index contributed by atoms with van der Waals surface area (Å²) in [6.07, 6.45) is 22.6. The average Bonchev–Trinajstić information content (AvgIpc) is 3.05. The minimum atomic E-state index is 0.412. The average molecular weight is 395 g/mol. The Kier molecular flexibility index (Phi) is 5.95. The molecule has 0 radical (unpaired) electrons. The molecule has 4 aliphatic rings. The van der Waals surface area contributed by atoms with Crippen LogP contribution in [-0.2, 0) is 0 Å². The summed E-state index contributed by atoms with van der Waals surface area (Å²) < 4.78 is 0. The maximum Gasteiger partial charge on any atom is -0.000685 e. The highest BCUT2D eigenvalue weighted by atomic mass is 14.6. The molecule has 0 N–H and O–H groups in total.